The van der Waals surface area contributed by atoms with Gasteiger partial charge in [0, 0.05) is 51.6 Å². The van der Waals surface area contributed by atoms with Gasteiger partial charge in [0.25, 0.3) is 0 Å². The van der Waals surface area contributed by atoms with E-state index >= 15 is 0 Å². The minimum absolute atomic E-state index is 0.0197. The van der Waals surface area contributed by atoms with Gasteiger partial charge < -0.3 is 9.88 Å². The molecular weight excluding hydrogens is 300 g/mol. The summed E-state index contributed by atoms with van der Waals surface area (Å²) in [6.45, 7) is 4.64. The van der Waals surface area contributed by atoms with Crippen LogP contribution in [0.3, 0.4) is 0 Å². The Morgan fingerprint density at radius 3 is 2.96 bits per heavy atom. The number of benzene rings is 1. The average Bonchev–Trinajstić information content (AvgIpc) is 2.94. The molecular formula is C19H26N4O. The predicted octanol–water partition coefficient (Wildman–Crippen LogP) is 2.83. The number of likely N-dealkylation sites (tertiary alicyclic amines) is 1. The van der Waals surface area contributed by atoms with Crippen LogP contribution in [0.25, 0.3) is 0 Å². The van der Waals surface area contributed by atoms with E-state index in [2.05, 4.69) is 32.9 Å². The number of anilines is 1. The molecule has 1 atom stereocenters. The maximum Gasteiger partial charge on any atom is 0.221 e. The molecule has 1 fully saturated rings. The summed E-state index contributed by atoms with van der Waals surface area (Å²) in [6.07, 6.45) is 7.40. The van der Waals surface area contributed by atoms with Crippen LogP contribution in [0.1, 0.15) is 31.2 Å². The van der Waals surface area contributed by atoms with Gasteiger partial charge in [0.15, 0.2) is 0 Å². The average molecular weight is 326 g/mol. The van der Waals surface area contributed by atoms with E-state index in [0.29, 0.717) is 5.92 Å². The molecule has 1 aliphatic heterocycles. The van der Waals surface area contributed by atoms with Crippen molar-refractivity contribution in [3.63, 3.8) is 0 Å². The van der Waals surface area contributed by atoms with Gasteiger partial charge in [0.05, 0.1) is 0 Å². The molecule has 0 aliphatic carbocycles. The first-order chi connectivity index (χ1) is 11.6. The highest BCUT2D eigenvalue weighted by Gasteiger charge is 2.22. The third kappa shape index (κ3) is 4.23. The van der Waals surface area contributed by atoms with Crippen LogP contribution in [0.2, 0.25) is 0 Å². The summed E-state index contributed by atoms with van der Waals surface area (Å²) in [5.41, 5.74) is 2.11. The molecule has 1 aromatic heterocycles. The van der Waals surface area contributed by atoms with Gasteiger partial charge in [-0.1, -0.05) is 18.2 Å². The van der Waals surface area contributed by atoms with Crippen LogP contribution in [0.5, 0.6) is 0 Å². The summed E-state index contributed by atoms with van der Waals surface area (Å²) in [4.78, 5) is 18.3. The first kappa shape index (κ1) is 16.7. The molecule has 1 N–H and O–H groups in total. The number of carbonyl (C=O) groups is 1. The number of nitrogens with one attached hydrogen (secondary N) is 1. The van der Waals surface area contributed by atoms with E-state index in [-0.39, 0.29) is 5.91 Å². The van der Waals surface area contributed by atoms with Crippen LogP contribution in [0.15, 0.2) is 36.7 Å². The Bertz CT molecular complexity index is 694. The minimum atomic E-state index is -0.0197. The molecule has 0 unspecified atom stereocenters. The zero-order chi connectivity index (χ0) is 16.9. The highest BCUT2D eigenvalue weighted by Crippen LogP contribution is 2.24. The Morgan fingerprint density at radius 2 is 2.21 bits per heavy atom. The van der Waals surface area contributed by atoms with Gasteiger partial charge in [-0.3, -0.25) is 9.69 Å². The van der Waals surface area contributed by atoms with E-state index in [1.807, 2.05) is 30.6 Å². The fourth-order valence-electron chi connectivity index (χ4n) is 3.52. The molecule has 2 aromatic rings. The van der Waals surface area contributed by atoms with Crippen LogP contribution in [0.4, 0.5) is 5.69 Å². The number of hydrogen-bond donors (Lipinski definition) is 1. The summed E-state index contributed by atoms with van der Waals surface area (Å²) >= 11 is 0. The monoisotopic (exact) mass is 326 g/mol. The molecule has 1 aliphatic rings. The minimum Gasteiger partial charge on any atom is -0.338 e. The topological polar surface area (TPSA) is 50.2 Å². The molecule has 0 saturated carbocycles. The zero-order valence-electron chi connectivity index (χ0n) is 14.5. The lowest BCUT2D eigenvalue weighted by Crippen LogP contribution is -2.36. The molecule has 0 spiro atoms. The summed E-state index contributed by atoms with van der Waals surface area (Å²) in [5.74, 6) is 1.79. The lowest BCUT2D eigenvalue weighted by molar-refractivity contribution is -0.114. The maximum absolute atomic E-state index is 11.4. The van der Waals surface area contributed by atoms with Gasteiger partial charge in [-0.05, 0) is 36.9 Å². The number of carbonyl (C=O) groups excluding carboxylic acids is 1. The van der Waals surface area contributed by atoms with E-state index in [1.54, 1.807) is 6.92 Å². The summed E-state index contributed by atoms with van der Waals surface area (Å²) < 4.78 is 2.12. The van der Waals surface area contributed by atoms with Crippen molar-refractivity contribution >= 4 is 11.6 Å². The van der Waals surface area contributed by atoms with E-state index in [4.69, 9.17) is 0 Å². The summed E-state index contributed by atoms with van der Waals surface area (Å²) in [5, 5.41) is 2.94. The molecule has 0 bridgehead atoms. The van der Waals surface area contributed by atoms with E-state index in [0.717, 1.165) is 31.7 Å². The van der Waals surface area contributed by atoms with Gasteiger partial charge in [0.2, 0.25) is 5.91 Å². The van der Waals surface area contributed by atoms with Crippen molar-refractivity contribution in [3.05, 3.63) is 48.0 Å². The van der Waals surface area contributed by atoms with Crippen molar-refractivity contribution in [1.82, 2.24) is 14.5 Å². The van der Waals surface area contributed by atoms with Crippen LogP contribution in [0, 0.1) is 5.92 Å². The van der Waals surface area contributed by atoms with Crippen LogP contribution in [-0.4, -0.2) is 33.4 Å². The SMILES string of the molecule is CC(=O)Nc1ccccc1CN1CCC[C@H](Cc2nccn2C)C1. The molecule has 3 rings (SSSR count). The van der Waals surface area contributed by atoms with Crippen molar-refractivity contribution in [2.75, 3.05) is 18.4 Å². The molecule has 2 heterocycles. The van der Waals surface area contributed by atoms with Gasteiger partial charge >= 0.3 is 0 Å². The van der Waals surface area contributed by atoms with Crippen molar-refractivity contribution in [2.45, 2.75) is 32.7 Å². The second-order valence-corrected chi connectivity index (χ2v) is 6.74. The van der Waals surface area contributed by atoms with Crippen LogP contribution >= 0.6 is 0 Å². The fraction of sp³-hybridized carbons (Fsp3) is 0.474. The molecule has 1 saturated heterocycles. The lowest BCUT2D eigenvalue weighted by Gasteiger charge is -2.33. The third-order valence-electron chi connectivity index (χ3n) is 4.72. The Labute approximate surface area is 143 Å². The predicted molar refractivity (Wildman–Crippen MR) is 95.7 cm³/mol. The highest BCUT2D eigenvalue weighted by atomic mass is 16.1. The van der Waals surface area contributed by atoms with Crippen LogP contribution in [-0.2, 0) is 24.8 Å². The number of nitrogens with zero attached hydrogens (tertiary/aromatic N) is 3. The third-order valence-corrected chi connectivity index (χ3v) is 4.72. The molecule has 24 heavy (non-hydrogen) atoms. The van der Waals surface area contributed by atoms with Crippen molar-refractivity contribution < 1.29 is 4.79 Å². The number of para-hydroxylation sites is 1. The molecule has 0 radical (unpaired) electrons. The molecule has 5 heteroatoms. The Balaban J connectivity index is 1.63. The Hall–Kier alpha value is -2.14. The largest absolute Gasteiger partial charge is 0.338 e. The second kappa shape index (κ2) is 7.62. The normalized spacial score (nSPS) is 18.5. The fourth-order valence-corrected chi connectivity index (χ4v) is 3.52. The zero-order valence-corrected chi connectivity index (χ0v) is 14.5. The van der Waals surface area contributed by atoms with Crippen molar-refractivity contribution in [3.8, 4) is 0 Å². The molecule has 1 aromatic carbocycles. The number of aromatic nitrogens is 2. The Kier molecular flexibility index (Phi) is 5.30. The van der Waals surface area contributed by atoms with Gasteiger partial charge in [0.1, 0.15) is 5.82 Å². The van der Waals surface area contributed by atoms with E-state index in [9.17, 15) is 4.79 Å². The smallest absolute Gasteiger partial charge is 0.221 e. The van der Waals surface area contributed by atoms with Gasteiger partial charge in [-0.2, -0.15) is 0 Å². The Morgan fingerprint density at radius 1 is 1.38 bits per heavy atom. The summed E-state index contributed by atoms with van der Waals surface area (Å²) in [7, 11) is 2.06. The number of piperidine rings is 1. The molecule has 128 valence electrons. The van der Waals surface area contributed by atoms with Gasteiger partial charge in [-0.15, -0.1) is 0 Å². The number of imidazole rings is 1. The highest BCUT2D eigenvalue weighted by molar-refractivity contribution is 5.89. The molecule has 1 amide bonds. The first-order valence-corrected chi connectivity index (χ1v) is 8.66. The van der Waals surface area contributed by atoms with Crippen molar-refractivity contribution in [1.29, 1.82) is 0 Å². The number of aryl methyl sites for hydroxylation is 1. The number of amides is 1. The number of hydrogen-bond acceptors (Lipinski definition) is 3. The number of rotatable bonds is 5. The maximum atomic E-state index is 11.4. The standard InChI is InChI=1S/C19H26N4O/c1-15(24)21-18-8-4-3-7-17(18)14-23-10-5-6-16(13-23)12-19-20-9-11-22(19)2/h3-4,7-9,11,16H,5-6,10,12-14H2,1-2H3,(H,21,24)/t16-/m1/s1. The second-order valence-electron chi connectivity index (χ2n) is 6.74. The van der Waals surface area contributed by atoms with Crippen LogP contribution < -0.4 is 5.32 Å². The van der Waals surface area contributed by atoms with Crippen molar-refractivity contribution in [2.24, 2.45) is 13.0 Å². The quantitative estimate of drug-likeness (QED) is 0.919. The van der Waals surface area contributed by atoms with E-state index in [1.165, 1.54) is 24.2 Å². The van der Waals surface area contributed by atoms with Gasteiger partial charge in [-0.25, -0.2) is 4.98 Å². The lowest BCUT2D eigenvalue weighted by atomic mass is 9.94. The molecule has 5 nitrogen and oxygen atoms in total. The first-order valence-electron chi connectivity index (χ1n) is 8.66. The summed E-state index contributed by atoms with van der Waals surface area (Å²) in [6, 6.07) is 8.09. The van der Waals surface area contributed by atoms with E-state index < -0.39 is 0 Å².